The first-order valence-corrected chi connectivity index (χ1v) is 7.13. The number of hydrogen-bond donors (Lipinski definition) is 1. The number of aryl methyl sites for hydroxylation is 1. The van der Waals surface area contributed by atoms with Gasteiger partial charge in [-0.15, -0.1) is 0 Å². The second-order valence-corrected chi connectivity index (χ2v) is 5.51. The molecule has 2 aromatic carbocycles. The van der Waals surface area contributed by atoms with Gasteiger partial charge in [0, 0.05) is 18.2 Å². The van der Waals surface area contributed by atoms with E-state index in [0.29, 0.717) is 12.1 Å². The fourth-order valence-electron chi connectivity index (χ4n) is 2.31. The fraction of sp³-hybridized carbons (Fsp3) is 0.278. The van der Waals surface area contributed by atoms with Gasteiger partial charge in [0.1, 0.15) is 5.75 Å². The summed E-state index contributed by atoms with van der Waals surface area (Å²) < 4.78 is 0. The minimum absolute atomic E-state index is 0.00801. The van der Waals surface area contributed by atoms with Gasteiger partial charge in [-0.3, -0.25) is 4.79 Å². The predicted octanol–water partition coefficient (Wildman–Crippen LogP) is 3.75. The molecule has 0 bridgehead atoms. The number of benzene rings is 2. The normalized spacial score (nSPS) is 10.7. The van der Waals surface area contributed by atoms with Crippen LogP contribution in [0.25, 0.3) is 0 Å². The fourth-order valence-corrected chi connectivity index (χ4v) is 2.31. The molecule has 0 aliphatic heterocycles. The summed E-state index contributed by atoms with van der Waals surface area (Å²) in [5, 5.41) is 9.48. The van der Waals surface area contributed by atoms with Crippen molar-refractivity contribution in [3.05, 3.63) is 65.2 Å². The highest BCUT2D eigenvalue weighted by Gasteiger charge is 2.20. The van der Waals surface area contributed by atoms with Crippen molar-refractivity contribution in [1.29, 1.82) is 0 Å². The Labute approximate surface area is 125 Å². The van der Waals surface area contributed by atoms with Crippen LogP contribution in [-0.4, -0.2) is 22.0 Å². The van der Waals surface area contributed by atoms with E-state index in [1.165, 1.54) is 0 Å². The molecule has 0 heterocycles. The van der Waals surface area contributed by atoms with Crippen molar-refractivity contribution in [2.24, 2.45) is 0 Å². The van der Waals surface area contributed by atoms with Gasteiger partial charge in [-0.1, -0.05) is 30.3 Å². The summed E-state index contributed by atoms with van der Waals surface area (Å²) in [5.41, 5.74) is 2.53. The van der Waals surface area contributed by atoms with E-state index in [9.17, 15) is 9.90 Å². The highest BCUT2D eigenvalue weighted by molar-refractivity contribution is 5.96. The van der Waals surface area contributed by atoms with Crippen LogP contribution in [-0.2, 0) is 6.54 Å². The summed E-state index contributed by atoms with van der Waals surface area (Å²) in [7, 11) is 0. The lowest BCUT2D eigenvalue weighted by atomic mass is 10.1. The first kappa shape index (κ1) is 15.1. The number of carbonyl (C=O) groups excluding carboxylic acids is 1. The summed E-state index contributed by atoms with van der Waals surface area (Å²) in [4.78, 5) is 14.6. The molecule has 0 aromatic heterocycles. The van der Waals surface area contributed by atoms with Crippen molar-refractivity contribution < 1.29 is 9.90 Å². The van der Waals surface area contributed by atoms with Crippen molar-refractivity contribution in [2.75, 3.05) is 0 Å². The highest BCUT2D eigenvalue weighted by Crippen LogP contribution is 2.19. The monoisotopic (exact) mass is 283 g/mol. The quantitative estimate of drug-likeness (QED) is 0.928. The van der Waals surface area contributed by atoms with Crippen LogP contribution >= 0.6 is 0 Å². The molecule has 0 unspecified atom stereocenters. The Balaban J connectivity index is 2.27. The van der Waals surface area contributed by atoms with E-state index in [-0.39, 0.29) is 17.7 Å². The van der Waals surface area contributed by atoms with Crippen LogP contribution in [0, 0.1) is 6.92 Å². The van der Waals surface area contributed by atoms with Crippen molar-refractivity contribution >= 4 is 5.91 Å². The molecule has 0 aliphatic carbocycles. The number of amides is 1. The number of hydrogen-bond acceptors (Lipinski definition) is 2. The van der Waals surface area contributed by atoms with E-state index in [2.05, 4.69) is 0 Å². The van der Waals surface area contributed by atoms with Gasteiger partial charge in [-0.05, 0) is 50.1 Å². The van der Waals surface area contributed by atoms with Crippen molar-refractivity contribution in [3.63, 3.8) is 0 Å². The first-order chi connectivity index (χ1) is 9.99. The molecule has 3 heteroatoms. The number of phenolic OH excluding ortho intramolecular Hbond substituents is 1. The molecule has 0 saturated carbocycles. The van der Waals surface area contributed by atoms with Gasteiger partial charge in [0.2, 0.25) is 0 Å². The van der Waals surface area contributed by atoms with Gasteiger partial charge in [0.05, 0.1) is 0 Å². The highest BCUT2D eigenvalue weighted by atomic mass is 16.3. The maximum Gasteiger partial charge on any atom is 0.254 e. The number of carbonyl (C=O) groups is 1. The maximum absolute atomic E-state index is 12.8. The second kappa shape index (κ2) is 6.44. The van der Waals surface area contributed by atoms with Crippen LogP contribution in [0.4, 0.5) is 0 Å². The van der Waals surface area contributed by atoms with Gasteiger partial charge in [-0.2, -0.15) is 0 Å². The molecule has 0 radical (unpaired) electrons. The second-order valence-electron chi connectivity index (χ2n) is 5.51. The zero-order valence-electron chi connectivity index (χ0n) is 12.7. The lowest BCUT2D eigenvalue weighted by molar-refractivity contribution is 0.0689. The zero-order chi connectivity index (χ0) is 15.4. The molecule has 0 atom stereocenters. The van der Waals surface area contributed by atoms with E-state index in [0.717, 1.165) is 11.1 Å². The van der Waals surface area contributed by atoms with E-state index in [4.69, 9.17) is 0 Å². The number of rotatable bonds is 4. The van der Waals surface area contributed by atoms with E-state index >= 15 is 0 Å². The third kappa shape index (κ3) is 3.63. The Morgan fingerprint density at radius 2 is 1.81 bits per heavy atom. The molecule has 3 nitrogen and oxygen atoms in total. The van der Waals surface area contributed by atoms with Crippen LogP contribution in [0.15, 0.2) is 48.5 Å². The Morgan fingerprint density at radius 1 is 1.14 bits per heavy atom. The van der Waals surface area contributed by atoms with Gasteiger partial charge in [0.15, 0.2) is 0 Å². The third-order valence-electron chi connectivity index (χ3n) is 3.52. The minimum atomic E-state index is -0.00801. The molecule has 110 valence electrons. The van der Waals surface area contributed by atoms with Crippen LogP contribution in [0.1, 0.15) is 35.3 Å². The van der Waals surface area contributed by atoms with Gasteiger partial charge < -0.3 is 10.0 Å². The van der Waals surface area contributed by atoms with Crippen LogP contribution in [0.2, 0.25) is 0 Å². The van der Waals surface area contributed by atoms with Crippen LogP contribution < -0.4 is 0 Å². The molecule has 0 saturated heterocycles. The van der Waals surface area contributed by atoms with Gasteiger partial charge in [-0.25, -0.2) is 0 Å². The number of phenols is 1. The minimum Gasteiger partial charge on any atom is -0.508 e. The molecule has 2 rings (SSSR count). The molecule has 1 N–H and O–H groups in total. The molecule has 0 fully saturated rings. The Hall–Kier alpha value is -2.29. The summed E-state index contributed by atoms with van der Waals surface area (Å²) >= 11 is 0. The van der Waals surface area contributed by atoms with E-state index < -0.39 is 0 Å². The standard InChI is InChI=1S/C18H21NO2/c1-13(2)19(12-15-7-5-4-6-8-15)18(21)17-10-9-16(20)11-14(17)3/h4-11,13,20H,12H2,1-3H3. The lowest BCUT2D eigenvalue weighted by Crippen LogP contribution is -2.36. The summed E-state index contributed by atoms with van der Waals surface area (Å²) in [6.45, 7) is 6.44. The summed E-state index contributed by atoms with van der Waals surface area (Å²) in [6.07, 6.45) is 0. The van der Waals surface area contributed by atoms with Gasteiger partial charge in [0.25, 0.3) is 5.91 Å². The van der Waals surface area contributed by atoms with Crippen molar-refractivity contribution in [1.82, 2.24) is 4.90 Å². The first-order valence-electron chi connectivity index (χ1n) is 7.13. The van der Waals surface area contributed by atoms with Crippen molar-refractivity contribution in [2.45, 2.75) is 33.4 Å². The smallest absolute Gasteiger partial charge is 0.254 e. The SMILES string of the molecule is Cc1cc(O)ccc1C(=O)N(Cc1ccccc1)C(C)C. The van der Waals surface area contributed by atoms with Crippen LogP contribution in [0.5, 0.6) is 5.75 Å². The third-order valence-corrected chi connectivity index (χ3v) is 3.52. The molecular weight excluding hydrogens is 262 g/mol. The van der Waals surface area contributed by atoms with E-state index in [1.54, 1.807) is 18.2 Å². The largest absolute Gasteiger partial charge is 0.508 e. The average molecular weight is 283 g/mol. The molecule has 0 spiro atoms. The lowest BCUT2D eigenvalue weighted by Gasteiger charge is -2.27. The van der Waals surface area contributed by atoms with Crippen LogP contribution in [0.3, 0.4) is 0 Å². The maximum atomic E-state index is 12.8. The zero-order valence-corrected chi connectivity index (χ0v) is 12.7. The topological polar surface area (TPSA) is 40.5 Å². The molecule has 2 aromatic rings. The van der Waals surface area contributed by atoms with Crippen molar-refractivity contribution in [3.8, 4) is 5.75 Å². The van der Waals surface area contributed by atoms with E-state index in [1.807, 2.05) is 56.0 Å². The summed E-state index contributed by atoms with van der Waals surface area (Å²) in [6, 6.07) is 14.9. The Morgan fingerprint density at radius 3 is 2.38 bits per heavy atom. The Bertz CT molecular complexity index is 620. The van der Waals surface area contributed by atoms with Gasteiger partial charge >= 0.3 is 0 Å². The molecule has 0 aliphatic rings. The predicted molar refractivity (Wildman–Crippen MR) is 84.3 cm³/mol. The molecular formula is C18H21NO2. The molecule has 1 amide bonds. The molecule has 21 heavy (non-hydrogen) atoms. The summed E-state index contributed by atoms with van der Waals surface area (Å²) in [5.74, 6) is 0.176. The number of nitrogens with zero attached hydrogens (tertiary/aromatic N) is 1. The Kier molecular flexibility index (Phi) is 4.63. The average Bonchev–Trinajstić information content (AvgIpc) is 2.45. The number of aromatic hydroxyl groups is 1.